The fourth-order valence-electron chi connectivity index (χ4n) is 2.77. The van der Waals surface area contributed by atoms with E-state index in [1.165, 1.54) is 28.7 Å². The van der Waals surface area contributed by atoms with E-state index in [0.717, 1.165) is 28.2 Å². The van der Waals surface area contributed by atoms with Crippen LogP contribution in [0, 0.1) is 11.8 Å². The number of nitrogens with one attached hydrogen (secondary N) is 1. The molecule has 1 N–H and O–H groups in total. The predicted molar refractivity (Wildman–Crippen MR) is 121 cm³/mol. The molecule has 154 valence electrons. The van der Waals surface area contributed by atoms with E-state index in [0.29, 0.717) is 23.5 Å². The first-order chi connectivity index (χ1) is 13.2. The maximum absolute atomic E-state index is 12.6. The molecule has 2 rings (SSSR count). The summed E-state index contributed by atoms with van der Waals surface area (Å²) in [6.45, 7) is 14.5. The molecule has 0 aliphatic rings. The van der Waals surface area contributed by atoms with E-state index in [1.54, 1.807) is 0 Å². The predicted octanol–water partition coefficient (Wildman–Crippen LogP) is 5.64. The lowest BCUT2D eigenvalue weighted by molar-refractivity contribution is -0.129. The van der Waals surface area contributed by atoms with Crippen molar-refractivity contribution in [3.8, 4) is 0 Å². The van der Waals surface area contributed by atoms with Crippen LogP contribution in [0.25, 0.3) is 0 Å². The van der Waals surface area contributed by atoms with Gasteiger partial charge in [0.05, 0.1) is 5.75 Å². The number of aromatic nitrogens is 2. The van der Waals surface area contributed by atoms with Gasteiger partial charge < -0.3 is 10.2 Å². The third-order valence-corrected chi connectivity index (χ3v) is 6.03. The molecule has 0 bridgehead atoms. The van der Waals surface area contributed by atoms with Crippen molar-refractivity contribution in [2.75, 3.05) is 24.2 Å². The molecule has 1 heterocycles. The summed E-state index contributed by atoms with van der Waals surface area (Å²) in [6.07, 6.45) is 0. The minimum atomic E-state index is 0.168. The molecule has 2 aromatic rings. The maximum atomic E-state index is 12.6. The molecule has 0 spiro atoms. The molecule has 0 aliphatic carbocycles. The fraction of sp³-hybridized carbons (Fsp3) is 0.571. The third-order valence-electron chi connectivity index (χ3n) is 4.08. The van der Waals surface area contributed by atoms with Gasteiger partial charge in [-0.25, -0.2) is 0 Å². The summed E-state index contributed by atoms with van der Waals surface area (Å²) < 4.78 is 0.809. The Morgan fingerprint density at radius 3 is 2.18 bits per heavy atom. The van der Waals surface area contributed by atoms with Gasteiger partial charge in [0, 0.05) is 18.8 Å². The van der Waals surface area contributed by atoms with Crippen LogP contribution in [0.4, 0.5) is 10.8 Å². The monoisotopic (exact) mass is 420 g/mol. The molecule has 1 aromatic carbocycles. The molecule has 0 unspecified atom stereocenters. The van der Waals surface area contributed by atoms with E-state index in [-0.39, 0.29) is 5.91 Å². The SMILES string of the molecule is CC(C)CN(CC(C)C)C(=O)CSc1nnc(Nc2ccc(C(C)C)cc2)s1. The number of rotatable bonds is 10. The molecule has 7 heteroatoms. The molecular formula is C21H32N4OS2. The first-order valence-corrected chi connectivity index (χ1v) is 11.7. The number of amides is 1. The number of hydrogen-bond donors (Lipinski definition) is 1. The Kier molecular flexibility index (Phi) is 8.76. The van der Waals surface area contributed by atoms with Crippen LogP contribution in [0.15, 0.2) is 28.6 Å². The van der Waals surface area contributed by atoms with Gasteiger partial charge >= 0.3 is 0 Å². The van der Waals surface area contributed by atoms with Crippen molar-refractivity contribution in [1.29, 1.82) is 0 Å². The van der Waals surface area contributed by atoms with Crippen molar-refractivity contribution >= 4 is 39.8 Å². The summed E-state index contributed by atoms with van der Waals surface area (Å²) in [5.74, 6) is 2.01. The average molecular weight is 421 g/mol. The van der Waals surface area contributed by atoms with Crippen molar-refractivity contribution in [2.24, 2.45) is 11.8 Å². The molecule has 1 aromatic heterocycles. The first-order valence-electron chi connectivity index (χ1n) is 9.85. The lowest BCUT2D eigenvalue weighted by Gasteiger charge is -2.26. The highest BCUT2D eigenvalue weighted by Crippen LogP contribution is 2.28. The zero-order chi connectivity index (χ0) is 20.7. The molecule has 0 saturated carbocycles. The molecule has 5 nitrogen and oxygen atoms in total. The fourth-order valence-corrected chi connectivity index (χ4v) is 4.44. The van der Waals surface area contributed by atoms with Gasteiger partial charge in [-0.05, 0) is 35.4 Å². The van der Waals surface area contributed by atoms with Crippen molar-refractivity contribution in [3.63, 3.8) is 0 Å². The molecule has 0 aliphatic heterocycles. The van der Waals surface area contributed by atoms with Gasteiger partial charge in [0.2, 0.25) is 11.0 Å². The van der Waals surface area contributed by atoms with Crippen LogP contribution in [0.1, 0.15) is 53.0 Å². The van der Waals surface area contributed by atoms with Crippen LogP contribution in [0.5, 0.6) is 0 Å². The highest BCUT2D eigenvalue weighted by Gasteiger charge is 2.17. The summed E-state index contributed by atoms with van der Waals surface area (Å²) in [4.78, 5) is 14.6. The number of benzene rings is 1. The van der Waals surface area contributed by atoms with Crippen LogP contribution in [0.2, 0.25) is 0 Å². The average Bonchev–Trinajstić information content (AvgIpc) is 3.06. The van der Waals surface area contributed by atoms with Gasteiger partial charge in [-0.15, -0.1) is 10.2 Å². The van der Waals surface area contributed by atoms with E-state index in [2.05, 4.69) is 81.3 Å². The number of anilines is 2. The Labute approximate surface area is 177 Å². The van der Waals surface area contributed by atoms with Gasteiger partial charge in [0.15, 0.2) is 4.34 Å². The molecular weight excluding hydrogens is 388 g/mol. The summed E-state index contributed by atoms with van der Waals surface area (Å²) in [5.41, 5.74) is 2.30. The Hall–Kier alpha value is -1.60. The number of carbonyl (C=O) groups is 1. The topological polar surface area (TPSA) is 58.1 Å². The maximum Gasteiger partial charge on any atom is 0.233 e. The lowest BCUT2D eigenvalue weighted by atomic mass is 10.0. The molecule has 1 amide bonds. The number of carbonyl (C=O) groups excluding carboxylic acids is 1. The summed E-state index contributed by atoms with van der Waals surface area (Å²) in [7, 11) is 0. The standard InChI is InChI=1S/C21H32N4OS2/c1-14(2)11-25(12-15(3)4)19(26)13-27-21-24-23-20(28-21)22-18-9-7-17(8-10-18)16(5)6/h7-10,14-16H,11-13H2,1-6H3,(H,22,23). The van der Waals surface area contributed by atoms with E-state index in [1.807, 2.05) is 4.90 Å². The number of hydrogen-bond acceptors (Lipinski definition) is 6. The first kappa shape index (κ1) is 22.7. The van der Waals surface area contributed by atoms with Crippen LogP contribution < -0.4 is 5.32 Å². The number of thioether (sulfide) groups is 1. The molecule has 0 fully saturated rings. The summed E-state index contributed by atoms with van der Waals surface area (Å²) in [5, 5.41) is 12.4. The third kappa shape index (κ3) is 7.43. The van der Waals surface area contributed by atoms with Crippen LogP contribution >= 0.6 is 23.1 Å². The smallest absolute Gasteiger partial charge is 0.233 e. The second kappa shape index (κ2) is 10.8. The number of nitrogens with zero attached hydrogens (tertiary/aromatic N) is 3. The van der Waals surface area contributed by atoms with Crippen LogP contribution in [-0.4, -0.2) is 39.8 Å². The molecule has 0 atom stereocenters. The Morgan fingerprint density at radius 2 is 1.64 bits per heavy atom. The molecule has 0 saturated heterocycles. The van der Waals surface area contributed by atoms with E-state index in [4.69, 9.17) is 0 Å². The lowest BCUT2D eigenvalue weighted by Crippen LogP contribution is -2.38. The zero-order valence-corrected chi connectivity index (χ0v) is 19.4. The van der Waals surface area contributed by atoms with Gasteiger partial charge in [-0.2, -0.15) is 0 Å². The Bertz CT molecular complexity index is 731. The highest BCUT2D eigenvalue weighted by atomic mass is 32.2. The van der Waals surface area contributed by atoms with E-state index < -0.39 is 0 Å². The molecule has 0 radical (unpaired) electrons. The van der Waals surface area contributed by atoms with Crippen LogP contribution in [0.3, 0.4) is 0 Å². The van der Waals surface area contributed by atoms with E-state index >= 15 is 0 Å². The van der Waals surface area contributed by atoms with Gasteiger partial charge in [0.25, 0.3) is 0 Å². The summed E-state index contributed by atoms with van der Waals surface area (Å²) in [6, 6.07) is 8.37. The minimum absolute atomic E-state index is 0.168. The zero-order valence-electron chi connectivity index (χ0n) is 17.7. The minimum Gasteiger partial charge on any atom is -0.341 e. The van der Waals surface area contributed by atoms with Gasteiger partial charge in [-0.1, -0.05) is 76.8 Å². The quantitative estimate of drug-likeness (QED) is 0.504. The van der Waals surface area contributed by atoms with E-state index in [9.17, 15) is 4.79 Å². The largest absolute Gasteiger partial charge is 0.341 e. The van der Waals surface area contributed by atoms with Gasteiger partial charge in [-0.3, -0.25) is 4.79 Å². The highest BCUT2D eigenvalue weighted by molar-refractivity contribution is 8.01. The normalized spacial score (nSPS) is 11.5. The van der Waals surface area contributed by atoms with Crippen molar-refractivity contribution in [3.05, 3.63) is 29.8 Å². The second-order valence-corrected chi connectivity index (χ2v) is 10.3. The van der Waals surface area contributed by atoms with Crippen molar-refractivity contribution in [1.82, 2.24) is 15.1 Å². The van der Waals surface area contributed by atoms with Crippen molar-refractivity contribution < 1.29 is 4.79 Å². The summed E-state index contributed by atoms with van der Waals surface area (Å²) >= 11 is 2.94. The Balaban J connectivity index is 1.90. The van der Waals surface area contributed by atoms with Crippen molar-refractivity contribution in [2.45, 2.75) is 51.8 Å². The molecule has 28 heavy (non-hydrogen) atoms. The second-order valence-electron chi connectivity index (χ2n) is 8.15. The van der Waals surface area contributed by atoms with Gasteiger partial charge in [0.1, 0.15) is 0 Å². The Morgan fingerprint density at radius 1 is 1.04 bits per heavy atom. The van der Waals surface area contributed by atoms with Crippen LogP contribution in [-0.2, 0) is 4.79 Å².